The van der Waals surface area contributed by atoms with Crippen LogP contribution in [0.2, 0.25) is 5.02 Å². The lowest BCUT2D eigenvalue weighted by Gasteiger charge is -2.13. The highest BCUT2D eigenvalue weighted by atomic mass is 35.5. The molecule has 0 saturated heterocycles. The Labute approximate surface area is 129 Å². The van der Waals surface area contributed by atoms with Crippen LogP contribution in [0.15, 0.2) is 24.5 Å². The van der Waals surface area contributed by atoms with Crippen molar-refractivity contribution in [2.24, 2.45) is 0 Å². The summed E-state index contributed by atoms with van der Waals surface area (Å²) in [5.41, 5.74) is 1.82. The van der Waals surface area contributed by atoms with E-state index >= 15 is 0 Å². The molecule has 0 aliphatic rings. The van der Waals surface area contributed by atoms with Crippen molar-refractivity contribution >= 4 is 28.9 Å². The Balaban J connectivity index is 2.21. The normalized spacial score (nSPS) is 10.3. The largest absolute Gasteiger partial charge is 0.495 e. The van der Waals surface area contributed by atoms with E-state index in [1.165, 1.54) is 0 Å². The molecule has 0 spiro atoms. The molecule has 1 aromatic carbocycles. The predicted octanol–water partition coefficient (Wildman–Crippen LogP) is 4.01. The van der Waals surface area contributed by atoms with Gasteiger partial charge in [0.25, 0.3) is 0 Å². The molecule has 0 aliphatic heterocycles. The molecule has 0 aliphatic carbocycles. The first-order chi connectivity index (χ1) is 10.2. The van der Waals surface area contributed by atoms with Gasteiger partial charge in [0.05, 0.1) is 12.1 Å². The third-order valence-corrected chi connectivity index (χ3v) is 3.34. The highest BCUT2D eigenvalue weighted by Gasteiger charge is 2.08. The molecule has 0 fully saturated rings. The lowest BCUT2D eigenvalue weighted by atomic mass is 10.2. The number of hydrogen-bond donors (Lipinski definition) is 2. The van der Waals surface area contributed by atoms with E-state index in [-0.39, 0.29) is 0 Å². The highest BCUT2D eigenvalue weighted by molar-refractivity contribution is 6.32. The van der Waals surface area contributed by atoms with E-state index in [0.29, 0.717) is 10.8 Å². The molecule has 0 bridgehead atoms. The summed E-state index contributed by atoms with van der Waals surface area (Å²) >= 11 is 6.13. The molecule has 0 saturated carbocycles. The average molecular weight is 307 g/mol. The number of nitrogens with one attached hydrogen (secondary N) is 2. The molecular formula is C15H19ClN4O. The second-order valence-corrected chi connectivity index (χ2v) is 5.00. The minimum absolute atomic E-state index is 0.554. The van der Waals surface area contributed by atoms with Crippen LogP contribution in [0.1, 0.15) is 18.9 Å². The molecule has 2 N–H and O–H groups in total. The molecule has 0 amide bonds. The SMILES string of the molecule is CCCNc1ncnc(Nc2ccc(OC)c(Cl)c2)c1C. The zero-order valence-electron chi connectivity index (χ0n) is 12.4. The summed E-state index contributed by atoms with van der Waals surface area (Å²) in [7, 11) is 1.59. The van der Waals surface area contributed by atoms with Crippen LogP contribution < -0.4 is 15.4 Å². The molecule has 5 nitrogen and oxygen atoms in total. The number of hydrogen-bond acceptors (Lipinski definition) is 5. The van der Waals surface area contributed by atoms with Gasteiger partial charge in [-0.1, -0.05) is 18.5 Å². The maximum Gasteiger partial charge on any atom is 0.138 e. The summed E-state index contributed by atoms with van der Waals surface area (Å²) in [6.07, 6.45) is 2.58. The van der Waals surface area contributed by atoms with E-state index in [0.717, 1.165) is 35.9 Å². The fraction of sp³-hybridized carbons (Fsp3) is 0.333. The number of rotatable bonds is 6. The summed E-state index contributed by atoms with van der Waals surface area (Å²) in [4.78, 5) is 8.53. The van der Waals surface area contributed by atoms with Gasteiger partial charge in [-0.3, -0.25) is 0 Å². The zero-order chi connectivity index (χ0) is 15.2. The second kappa shape index (κ2) is 7.13. The monoisotopic (exact) mass is 306 g/mol. The van der Waals surface area contributed by atoms with Crippen molar-refractivity contribution in [1.29, 1.82) is 0 Å². The molecule has 112 valence electrons. The van der Waals surface area contributed by atoms with Gasteiger partial charge in [0.2, 0.25) is 0 Å². The van der Waals surface area contributed by atoms with Crippen molar-refractivity contribution in [3.05, 3.63) is 35.1 Å². The molecular weight excluding hydrogens is 288 g/mol. The van der Waals surface area contributed by atoms with E-state index in [2.05, 4.69) is 27.5 Å². The van der Waals surface area contributed by atoms with E-state index in [4.69, 9.17) is 16.3 Å². The number of nitrogens with zero attached hydrogens (tertiary/aromatic N) is 2. The Hall–Kier alpha value is -2.01. The Morgan fingerprint density at radius 1 is 1.24 bits per heavy atom. The predicted molar refractivity (Wildman–Crippen MR) is 86.8 cm³/mol. The molecule has 21 heavy (non-hydrogen) atoms. The van der Waals surface area contributed by atoms with Crippen LogP contribution in [0.5, 0.6) is 5.75 Å². The molecule has 0 unspecified atom stereocenters. The van der Waals surface area contributed by atoms with E-state index in [9.17, 15) is 0 Å². The van der Waals surface area contributed by atoms with Crippen molar-refractivity contribution in [3.63, 3.8) is 0 Å². The number of halogens is 1. The van der Waals surface area contributed by atoms with Crippen molar-refractivity contribution in [2.75, 3.05) is 24.3 Å². The Morgan fingerprint density at radius 2 is 2.00 bits per heavy atom. The topological polar surface area (TPSA) is 59.1 Å². The number of anilines is 3. The second-order valence-electron chi connectivity index (χ2n) is 4.60. The van der Waals surface area contributed by atoms with E-state index in [1.54, 1.807) is 19.5 Å². The van der Waals surface area contributed by atoms with Gasteiger partial charge in [0, 0.05) is 17.8 Å². The first-order valence-corrected chi connectivity index (χ1v) is 7.19. The maximum absolute atomic E-state index is 6.13. The van der Waals surface area contributed by atoms with Gasteiger partial charge >= 0.3 is 0 Å². The van der Waals surface area contributed by atoms with Crippen molar-refractivity contribution < 1.29 is 4.74 Å². The zero-order valence-corrected chi connectivity index (χ0v) is 13.2. The van der Waals surface area contributed by atoms with Gasteiger partial charge < -0.3 is 15.4 Å². The van der Waals surface area contributed by atoms with Crippen LogP contribution in [-0.4, -0.2) is 23.6 Å². The molecule has 2 rings (SSSR count). The summed E-state index contributed by atoms with van der Waals surface area (Å²) in [5, 5.41) is 7.09. The fourth-order valence-corrected chi connectivity index (χ4v) is 2.14. The molecule has 2 aromatic rings. The van der Waals surface area contributed by atoms with Gasteiger partial charge in [-0.05, 0) is 31.5 Å². The van der Waals surface area contributed by atoms with E-state index in [1.807, 2.05) is 19.1 Å². The third-order valence-electron chi connectivity index (χ3n) is 3.04. The van der Waals surface area contributed by atoms with Gasteiger partial charge in [-0.15, -0.1) is 0 Å². The van der Waals surface area contributed by atoms with Crippen molar-refractivity contribution in [3.8, 4) is 5.75 Å². The molecule has 0 atom stereocenters. The number of methoxy groups -OCH3 is 1. The summed E-state index contributed by atoms with van der Waals surface area (Å²) in [6, 6.07) is 5.52. The van der Waals surface area contributed by atoms with Gasteiger partial charge in [0.1, 0.15) is 23.7 Å². The molecule has 0 radical (unpaired) electrons. The van der Waals surface area contributed by atoms with Crippen LogP contribution in [0.3, 0.4) is 0 Å². The Kier molecular flexibility index (Phi) is 5.22. The Morgan fingerprint density at radius 3 is 2.67 bits per heavy atom. The number of benzene rings is 1. The highest BCUT2D eigenvalue weighted by Crippen LogP contribution is 2.29. The van der Waals surface area contributed by atoms with Crippen LogP contribution in [0.4, 0.5) is 17.3 Å². The van der Waals surface area contributed by atoms with Crippen LogP contribution in [0, 0.1) is 6.92 Å². The number of ether oxygens (including phenoxy) is 1. The Bertz CT molecular complexity index is 619. The van der Waals surface area contributed by atoms with Crippen LogP contribution in [-0.2, 0) is 0 Å². The molecule has 1 aromatic heterocycles. The standard InChI is InChI=1S/C15H19ClN4O/c1-4-7-17-14-10(2)15(19-9-18-14)20-11-5-6-13(21-3)12(16)8-11/h5-6,8-9H,4,7H2,1-3H3,(H2,17,18,19,20). The minimum atomic E-state index is 0.554. The fourth-order valence-electron chi connectivity index (χ4n) is 1.88. The van der Waals surface area contributed by atoms with Gasteiger partial charge in [-0.25, -0.2) is 9.97 Å². The summed E-state index contributed by atoms with van der Waals surface area (Å²) in [5.74, 6) is 2.24. The average Bonchev–Trinajstić information content (AvgIpc) is 2.48. The maximum atomic E-state index is 6.13. The lowest BCUT2D eigenvalue weighted by molar-refractivity contribution is 0.415. The first-order valence-electron chi connectivity index (χ1n) is 6.81. The summed E-state index contributed by atoms with van der Waals surface area (Å²) < 4.78 is 5.14. The first kappa shape index (κ1) is 15.4. The van der Waals surface area contributed by atoms with Crippen LogP contribution >= 0.6 is 11.6 Å². The van der Waals surface area contributed by atoms with Crippen molar-refractivity contribution in [2.45, 2.75) is 20.3 Å². The number of aromatic nitrogens is 2. The van der Waals surface area contributed by atoms with E-state index < -0.39 is 0 Å². The third kappa shape index (κ3) is 3.76. The smallest absolute Gasteiger partial charge is 0.138 e. The molecule has 1 heterocycles. The van der Waals surface area contributed by atoms with Crippen LogP contribution in [0.25, 0.3) is 0 Å². The minimum Gasteiger partial charge on any atom is -0.495 e. The molecule has 6 heteroatoms. The summed E-state index contributed by atoms with van der Waals surface area (Å²) in [6.45, 7) is 4.97. The van der Waals surface area contributed by atoms with Crippen molar-refractivity contribution in [1.82, 2.24) is 9.97 Å². The lowest BCUT2D eigenvalue weighted by Crippen LogP contribution is -2.06. The van der Waals surface area contributed by atoms with Gasteiger partial charge in [-0.2, -0.15) is 0 Å². The van der Waals surface area contributed by atoms with Gasteiger partial charge in [0.15, 0.2) is 0 Å². The quantitative estimate of drug-likeness (QED) is 0.844.